The molecule has 13 atom stereocenters. The fourth-order valence-corrected chi connectivity index (χ4v) is 9.16. The lowest BCUT2D eigenvalue weighted by Crippen LogP contribution is -2.63. The number of aromatic hydroxyl groups is 1. The van der Waals surface area contributed by atoms with Crippen LogP contribution >= 0.6 is 0 Å². The molecule has 9 N–H and O–H groups in total. The van der Waals surface area contributed by atoms with Crippen LogP contribution in [0, 0.1) is 29.6 Å². The Labute approximate surface area is 274 Å². The second-order valence-corrected chi connectivity index (χ2v) is 15.5. The van der Waals surface area contributed by atoms with E-state index in [-0.39, 0.29) is 30.1 Å². The summed E-state index contributed by atoms with van der Waals surface area (Å²) in [6, 6.07) is 1.50. The quantitative estimate of drug-likeness (QED) is 0.183. The summed E-state index contributed by atoms with van der Waals surface area (Å²) in [6.45, 7) is 11.1. The standard InChI is InChI=1S/C35H50O12/c1-16-17-8-9-22-32(4)13-19(37)29(35(7,45)23(38)10-11-31(2,3)44)33(32,5)14-24(39)34(22,6)18(17)12-20(25(16)40)46-30-28(43)27(42)26(41)21(15-36)47-30/h8-12,19,21-23,26-30,36-38,40-45H,13-15H2,1-7H3/t19-,21?,22+,23?,26?,27?,28?,29+,30?,32+,33-,34+,35+/m1/s1. The Balaban J connectivity index is 1.56. The number of benzene rings is 1. The number of hydrogen-bond acceptors (Lipinski definition) is 12. The van der Waals surface area contributed by atoms with Gasteiger partial charge in [-0.05, 0) is 75.0 Å². The van der Waals surface area contributed by atoms with E-state index in [1.54, 1.807) is 13.8 Å². The average Bonchev–Trinajstić information content (AvgIpc) is 3.19. The molecule has 0 bridgehead atoms. The first kappa shape index (κ1) is 35.9. The van der Waals surface area contributed by atoms with E-state index in [9.17, 15) is 50.8 Å². The number of hydrogen-bond donors (Lipinski definition) is 9. The van der Waals surface area contributed by atoms with Crippen molar-refractivity contribution in [2.45, 2.75) is 121 Å². The van der Waals surface area contributed by atoms with Crippen molar-refractivity contribution in [3.63, 3.8) is 0 Å². The van der Waals surface area contributed by atoms with Gasteiger partial charge in [-0.15, -0.1) is 0 Å². The molecule has 47 heavy (non-hydrogen) atoms. The fraction of sp³-hybridized carbons (Fsp3) is 0.686. The Morgan fingerprint density at radius 3 is 2.30 bits per heavy atom. The zero-order chi connectivity index (χ0) is 35.2. The maximum absolute atomic E-state index is 14.6. The summed E-state index contributed by atoms with van der Waals surface area (Å²) in [5.41, 5.74) is -4.55. The number of fused-ring (bicyclic) bond motifs is 5. The third kappa shape index (κ3) is 5.28. The van der Waals surface area contributed by atoms with E-state index in [1.165, 1.54) is 39.0 Å². The van der Waals surface area contributed by atoms with Crippen LogP contribution < -0.4 is 4.74 Å². The Morgan fingerprint density at radius 1 is 1.06 bits per heavy atom. The van der Waals surface area contributed by atoms with Crippen molar-refractivity contribution in [2.75, 3.05) is 6.61 Å². The van der Waals surface area contributed by atoms with Crippen LogP contribution in [0.4, 0.5) is 0 Å². The largest absolute Gasteiger partial charge is 0.504 e. The molecule has 1 saturated heterocycles. The van der Waals surface area contributed by atoms with Gasteiger partial charge in [0.15, 0.2) is 11.5 Å². The highest BCUT2D eigenvalue weighted by molar-refractivity contribution is 5.95. The Morgan fingerprint density at radius 2 is 1.70 bits per heavy atom. The lowest BCUT2D eigenvalue weighted by Gasteiger charge is -2.60. The zero-order valence-electron chi connectivity index (χ0n) is 28.0. The molecule has 0 spiro atoms. The number of rotatable bonds is 7. The molecule has 3 fully saturated rings. The molecule has 5 rings (SSSR count). The summed E-state index contributed by atoms with van der Waals surface area (Å²) in [4.78, 5) is 14.6. The second kappa shape index (κ2) is 11.6. The summed E-state index contributed by atoms with van der Waals surface area (Å²) in [5, 5.41) is 96.5. The number of Topliss-reactive ketones (excluding diaryl/α,β-unsaturated/α-hetero) is 1. The minimum atomic E-state index is -1.87. The highest BCUT2D eigenvalue weighted by Gasteiger charge is 2.72. The summed E-state index contributed by atoms with van der Waals surface area (Å²) in [5.74, 6) is -2.03. The molecule has 1 heterocycles. The first-order valence-corrected chi connectivity index (χ1v) is 16.1. The monoisotopic (exact) mass is 662 g/mol. The van der Waals surface area contributed by atoms with Gasteiger partial charge in [-0.25, -0.2) is 0 Å². The minimum absolute atomic E-state index is 0.0492. The summed E-state index contributed by atoms with van der Waals surface area (Å²) < 4.78 is 11.4. The van der Waals surface area contributed by atoms with Gasteiger partial charge in [0.05, 0.1) is 29.3 Å². The molecular formula is C35H50O12. The first-order chi connectivity index (χ1) is 21.6. The van der Waals surface area contributed by atoms with Gasteiger partial charge in [0, 0.05) is 17.9 Å². The van der Waals surface area contributed by atoms with Crippen LogP contribution in [-0.2, 0) is 14.9 Å². The van der Waals surface area contributed by atoms with Gasteiger partial charge in [-0.2, -0.15) is 0 Å². The van der Waals surface area contributed by atoms with E-state index in [1.807, 2.05) is 26.0 Å². The number of ketones is 1. The van der Waals surface area contributed by atoms with Crippen LogP contribution in [0.1, 0.15) is 71.1 Å². The molecule has 262 valence electrons. The SMILES string of the molecule is Cc1c(O)c(OC2OC(CO)C(O)C(O)C2O)cc2c1C=C[C@@H]1[C@@]2(C)C(=O)C[C@]2(C)[C@@H]([C@@](C)(O)C(O)C=CC(C)(C)O)[C@H](O)C[C@@]12C. The van der Waals surface area contributed by atoms with Gasteiger partial charge >= 0.3 is 0 Å². The van der Waals surface area contributed by atoms with E-state index < -0.39 is 88.8 Å². The van der Waals surface area contributed by atoms with Crippen LogP contribution in [0.2, 0.25) is 0 Å². The number of carbonyl (C=O) groups excluding carboxylic acids is 1. The van der Waals surface area contributed by atoms with Crippen LogP contribution in [0.25, 0.3) is 6.08 Å². The van der Waals surface area contributed by atoms with Gasteiger partial charge < -0.3 is 55.4 Å². The molecule has 0 aromatic heterocycles. The van der Waals surface area contributed by atoms with Crippen LogP contribution in [-0.4, -0.2) is 112 Å². The maximum atomic E-state index is 14.6. The zero-order valence-corrected chi connectivity index (χ0v) is 28.0. The number of phenolic OH excluding ortho intramolecular Hbond substituents is 1. The van der Waals surface area contributed by atoms with E-state index >= 15 is 0 Å². The fourth-order valence-electron chi connectivity index (χ4n) is 9.16. The lowest BCUT2D eigenvalue weighted by molar-refractivity contribution is -0.277. The summed E-state index contributed by atoms with van der Waals surface area (Å²) >= 11 is 0. The molecule has 6 unspecified atom stereocenters. The van der Waals surface area contributed by atoms with Gasteiger partial charge in [-0.3, -0.25) is 4.79 Å². The molecule has 3 aliphatic carbocycles. The van der Waals surface area contributed by atoms with Crippen molar-refractivity contribution in [1.82, 2.24) is 0 Å². The molecule has 12 nitrogen and oxygen atoms in total. The smallest absolute Gasteiger partial charge is 0.229 e. The van der Waals surface area contributed by atoms with Gasteiger partial charge in [0.25, 0.3) is 0 Å². The van der Waals surface area contributed by atoms with Crippen molar-refractivity contribution >= 4 is 11.9 Å². The molecule has 0 amide bonds. The molecule has 2 saturated carbocycles. The van der Waals surface area contributed by atoms with Crippen molar-refractivity contribution in [3.8, 4) is 11.5 Å². The van der Waals surface area contributed by atoms with Crippen molar-refractivity contribution < 1.29 is 60.2 Å². The average molecular weight is 663 g/mol. The van der Waals surface area contributed by atoms with Crippen molar-refractivity contribution in [3.05, 3.63) is 41.0 Å². The number of aliphatic hydroxyl groups excluding tert-OH is 6. The predicted octanol–water partition coefficient (Wildman–Crippen LogP) is 0.585. The molecular weight excluding hydrogens is 612 g/mol. The highest BCUT2D eigenvalue weighted by Crippen LogP contribution is 2.71. The number of carbonyl (C=O) groups is 1. The Hall–Kier alpha value is -2.39. The van der Waals surface area contributed by atoms with Crippen LogP contribution in [0.5, 0.6) is 11.5 Å². The molecule has 4 aliphatic rings. The second-order valence-electron chi connectivity index (χ2n) is 15.5. The summed E-state index contributed by atoms with van der Waals surface area (Å²) in [7, 11) is 0. The molecule has 1 aromatic rings. The normalized spacial score (nSPS) is 42.1. The Bertz CT molecular complexity index is 1460. The van der Waals surface area contributed by atoms with Crippen molar-refractivity contribution in [1.29, 1.82) is 0 Å². The van der Waals surface area contributed by atoms with E-state index in [0.717, 1.165) is 0 Å². The number of aliphatic hydroxyl groups is 8. The van der Waals surface area contributed by atoms with E-state index in [2.05, 4.69) is 0 Å². The minimum Gasteiger partial charge on any atom is -0.504 e. The number of phenols is 1. The first-order valence-electron chi connectivity index (χ1n) is 16.1. The van der Waals surface area contributed by atoms with E-state index in [4.69, 9.17) is 9.47 Å². The number of allylic oxidation sites excluding steroid dienone is 1. The lowest BCUT2D eigenvalue weighted by atomic mass is 9.42. The van der Waals surface area contributed by atoms with Gasteiger partial charge in [-0.1, -0.05) is 38.2 Å². The maximum Gasteiger partial charge on any atom is 0.229 e. The topological polar surface area (TPSA) is 218 Å². The highest BCUT2D eigenvalue weighted by atomic mass is 16.7. The third-order valence-electron chi connectivity index (χ3n) is 12.0. The third-order valence-corrected chi connectivity index (χ3v) is 12.0. The molecule has 0 radical (unpaired) electrons. The van der Waals surface area contributed by atoms with Crippen LogP contribution in [0.15, 0.2) is 24.3 Å². The van der Waals surface area contributed by atoms with Crippen molar-refractivity contribution in [2.24, 2.45) is 22.7 Å². The number of ether oxygens (including phenoxy) is 2. The molecule has 1 aliphatic heterocycles. The van der Waals surface area contributed by atoms with Crippen LogP contribution in [0.3, 0.4) is 0 Å². The molecule has 1 aromatic carbocycles. The molecule has 12 heteroatoms. The van der Waals surface area contributed by atoms with Gasteiger partial charge in [0.1, 0.15) is 36.3 Å². The predicted molar refractivity (Wildman–Crippen MR) is 169 cm³/mol. The van der Waals surface area contributed by atoms with Gasteiger partial charge in [0.2, 0.25) is 6.29 Å². The summed E-state index contributed by atoms with van der Waals surface area (Å²) in [6.07, 6.45) is -3.77. The Kier molecular flexibility index (Phi) is 8.86. The van der Waals surface area contributed by atoms with E-state index in [0.29, 0.717) is 16.7 Å².